The number of hydrogen-bond donors (Lipinski definition) is 0. The van der Waals surface area contributed by atoms with Crippen LogP contribution in [0.1, 0.15) is 31.2 Å². The third-order valence-corrected chi connectivity index (χ3v) is 3.90. The van der Waals surface area contributed by atoms with Gasteiger partial charge in [-0.2, -0.15) is 0 Å². The van der Waals surface area contributed by atoms with Crippen LogP contribution in [0.3, 0.4) is 0 Å². The molecule has 2 aliphatic rings. The van der Waals surface area contributed by atoms with Crippen molar-refractivity contribution in [2.24, 2.45) is 0 Å². The molecule has 3 heteroatoms. The molecule has 0 amide bonds. The van der Waals surface area contributed by atoms with E-state index in [0.29, 0.717) is 19.4 Å². The average molecular weight is 224 g/mol. The number of ether oxygens (including phenoxy) is 1. The minimum Gasteiger partial charge on any atom is -0.492 e. The summed E-state index contributed by atoms with van der Waals surface area (Å²) in [5, 5.41) is 0. The third-order valence-electron chi connectivity index (χ3n) is 3.90. The minimum absolute atomic E-state index is 0.00923. The van der Waals surface area contributed by atoms with Gasteiger partial charge in [0.2, 0.25) is 5.92 Å². The highest BCUT2D eigenvalue weighted by Crippen LogP contribution is 2.50. The van der Waals surface area contributed by atoms with Crippen molar-refractivity contribution in [1.82, 2.24) is 0 Å². The van der Waals surface area contributed by atoms with E-state index in [-0.39, 0.29) is 18.3 Å². The molecule has 0 unspecified atom stereocenters. The van der Waals surface area contributed by atoms with Gasteiger partial charge in [-0.05, 0) is 18.9 Å². The maximum Gasteiger partial charge on any atom is 0.248 e. The highest BCUT2D eigenvalue weighted by molar-refractivity contribution is 5.43. The van der Waals surface area contributed by atoms with E-state index in [1.54, 1.807) is 0 Å². The Balaban J connectivity index is 1.92. The molecule has 1 fully saturated rings. The summed E-state index contributed by atoms with van der Waals surface area (Å²) in [5.74, 6) is -1.59. The molecule has 0 saturated heterocycles. The summed E-state index contributed by atoms with van der Waals surface area (Å²) >= 11 is 0. The van der Waals surface area contributed by atoms with Crippen LogP contribution in [0, 0.1) is 0 Å². The fourth-order valence-electron chi connectivity index (χ4n) is 2.83. The fraction of sp³-hybridized carbons (Fsp3) is 0.538. The molecule has 16 heavy (non-hydrogen) atoms. The Labute approximate surface area is 93.4 Å². The topological polar surface area (TPSA) is 9.23 Å². The largest absolute Gasteiger partial charge is 0.492 e. The quantitative estimate of drug-likeness (QED) is 0.655. The van der Waals surface area contributed by atoms with Crippen molar-refractivity contribution in [2.75, 3.05) is 6.61 Å². The first-order valence-electron chi connectivity index (χ1n) is 5.72. The van der Waals surface area contributed by atoms with Crippen molar-refractivity contribution in [3.8, 4) is 5.75 Å². The van der Waals surface area contributed by atoms with E-state index >= 15 is 0 Å². The summed E-state index contributed by atoms with van der Waals surface area (Å²) in [4.78, 5) is 0. The highest BCUT2D eigenvalue weighted by Gasteiger charge is 2.48. The molecule has 1 aromatic carbocycles. The van der Waals surface area contributed by atoms with Crippen LogP contribution < -0.4 is 4.74 Å². The number of alkyl halides is 2. The van der Waals surface area contributed by atoms with Crippen LogP contribution in [-0.2, 0) is 5.41 Å². The molecule has 0 N–H and O–H groups in total. The first-order chi connectivity index (χ1) is 7.61. The van der Waals surface area contributed by atoms with Crippen molar-refractivity contribution >= 4 is 0 Å². The molecular formula is C13H14F2O. The van der Waals surface area contributed by atoms with Crippen LogP contribution >= 0.6 is 0 Å². The zero-order valence-electron chi connectivity index (χ0n) is 9.01. The lowest BCUT2D eigenvalue weighted by molar-refractivity contribution is -0.0538. The summed E-state index contributed by atoms with van der Waals surface area (Å²) in [6.07, 6.45) is 1.06. The summed E-state index contributed by atoms with van der Waals surface area (Å²) < 4.78 is 32.0. The Morgan fingerprint density at radius 1 is 1.00 bits per heavy atom. The molecule has 0 aromatic heterocycles. The van der Waals surface area contributed by atoms with Crippen molar-refractivity contribution < 1.29 is 13.5 Å². The Morgan fingerprint density at radius 3 is 2.44 bits per heavy atom. The third kappa shape index (κ3) is 1.41. The van der Waals surface area contributed by atoms with E-state index < -0.39 is 5.92 Å². The zero-order valence-corrected chi connectivity index (χ0v) is 9.01. The predicted octanol–water partition coefficient (Wildman–Crippen LogP) is 3.53. The normalized spacial score (nSPS) is 25.1. The molecule has 0 radical (unpaired) electrons. The zero-order chi connectivity index (χ0) is 11.2. The lowest BCUT2D eigenvalue weighted by Crippen LogP contribution is -2.37. The molecule has 1 aromatic rings. The summed E-state index contributed by atoms with van der Waals surface area (Å²) in [7, 11) is 0. The second-order valence-electron chi connectivity index (χ2n) is 4.92. The number of rotatable bonds is 0. The molecule has 0 bridgehead atoms. The van der Waals surface area contributed by atoms with Gasteiger partial charge >= 0.3 is 0 Å². The highest BCUT2D eigenvalue weighted by atomic mass is 19.3. The van der Waals surface area contributed by atoms with Crippen molar-refractivity contribution in [3.63, 3.8) is 0 Å². The second kappa shape index (κ2) is 3.19. The Hall–Kier alpha value is -1.12. The molecule has 1 saturated carbocycles. The molecule has 1 nitrogen and oxygen atoms in total. The summed E-state index contributed by atoms with van der Waals surface area (Å²) in [6.45, 7) is 0.572. The summed E-state index contributed by atoms with van der Waals surface area (Å²) in [6, 6.07) is 7.83. The number of hydrogen-bond acceptors (Lipinski definition) is 1. The first-order valence-corrected chi connectivity index (χ1v) is 5.72. The van der Waals surface area contributed by atoms with Crippen LogP contribution in [0.4, 0.5) is 8.78 Å². The van der Waals surface area contributed by atoms with E-state index in [0.717, 1.165) is 11.3 Å². The van der Waals surface area contributed by atoms with Crippen LogP contribution in [-0.4, -0.2) is 12.5 Å². The molecule has 3 rings (SSSR count). The number of para-hydroxylation sites is 1. The van der Waals surface area contributed by atoms with E-state index in [1.165, 1.54) is 0 Å². The average Bonchev–Trinajstić information content (AvgIpc) is 2.64. The second-order valence-corrected chi connectivity index (χ2v) is 4.92. The monoisotopic (exact) mass is 224 g/mol. The SMILES string of the molecule is FC1(F)CCC2(CC1)COc1ccccc12. The maximum absolute atomic E-state index is 13.2. The first kappa shape index (κ1) is 10.1. The molecule has 1 aliphatic carbocycles. The molecule has 1 spiro atoms. The standard InChI is InChI=1S/C13H14F2O/c14-13(15)7-5-12(6-8-13)9-16-11-4-2-1-3-10(11)12/h1-4H,5-9H2. The molecule has 0 atom stereocenters. The van der Waals surface area contributed by atoms with Gasteiger partial charge < -0.3 is 4.74 Å². The maximum atomic E-state index is 13.2. The van der Waals surface area contributed by atoms with Crippen LogP contribution in [0.5, 0.6) is 5.75 Å². The fourth-order valence-corrected chi connectivity index (χ4v) is 2.83. The van der Waals surface area contributed by atoms with Gasteiger partial charge in [0.05, 0.1) is 6.61 Å². The van der Waals surface area contributed by atoms with Gasteiger partial charge in [-0.25, -0.2) is 8.78 Å². The predicted molar refractivity (Wildman–Crippen MR) is 57.0 cm³/mol. The van der Waals surface area contributed by atoms with Crippen molar-refractivity contribution in [2.45, 2.75) is 37.0 Å². The number of halogens is 2. The Morgan fingerprint density at radius 2 is 1.69 bits per heavy atom. The molecule has 1 aliphatic heterocycles. The lowest BCUT2D eigenvalue weighted by Gasteiger charge is -2.36. The van der Waals surface area contributed by atoms with Gasteiger partial charge in [-0.1, -0.05) is 18.2 Å². The van der Waals surface area contributed by atoms with Crippen LogP contribution in [0.15, 0.2) is 24.3 Å². The van der Waals surface area contributed by atoms with E-state index in [4.69, 9.17) is 4.74 Å². The number of fused-ring (bicyclic) bond motifs is 2. The van der Waals surface area contributed by atoms with Crippen molar-refractivity contribution in [3.05, 3.63) is 29.8 Å². The van der Waals surface area contributed by atoms with Gasteiger partial charge in [0.15, 0.2) is 0 Å². The lowest BCUT2D eigenvalue weighted by atomic mass is 9.70. The smallest absolute Gasteiger partial charge is 0.248 e. The van der Waals surface area contributed by atoms with E-state index in [9.17, 15) is 8.78 Å². The molecule has 1 heterocycles. The Bertz CT molecular complexity index is 404. The molecule has 86 valence electrons. The van der Waals surface area contributed by atoms with Crippen molar-refractivity contribution in [1.29, 1.82) is 0 Å². The van der Waals surface area contributed by atoms with Gasteiger partial charge in [-0.3, -0.25) is 0 Å². The van der Waals surface area contributed by atoms with Gasteiger partial charge in [0.1, 0.15) is 5.75 Å². The van der Waals surface area contributed by atoms with Crippen LogP contribution in [0.2, 0.25) is 0 Å². The minimum atomic E-state index is -2.47. The molecular weight excluding hydrogens is 210 g/mol. The summed E-state index contributed by atoms with van der Waals surface area (Å²) in [5.41, 5.74) is 0.989. The van der Waals surface area contributed by atoms with Crippen LogP contribution in [0.25, 0.3) is 0 Å². The van der Waals surface area contributed by atoms with Gasteiger partial charge in [0.25, 0.3) is 0 Å². The van der Waals surface area contributed by atoms with Gasteiger partial charge in [-0.15, -0.1) is 0 Å². The van der Waals surface area contributed by atoms with Gasteiger partial charge in [0, 0.05) is 23.8 Å². The van der Waals surface area contributed by atoms with E-state index in [2.05, 4.69) is 0 Å². The Kier molecular flexibility index (Phi) is 2.00. The van der Waals surface area contributed by atoms with E-state index in [1.807, 2.05) is 24.3 Å². The number of benzene rings is 1.